The average molecular weight is 305 g/mol. The number of hydrogen-bond acceptors (Lipinski definition) is 3. The van der Waals surface area contributed by atoms with E-state index in [2.05, 4.69) is 6.92 Å². The highest BCUT2D eigenvalue weighted by molar-refractivity contribution is 7.99. The van der Waals surface area contributed by atoms with Crippen LogP contribution >= 0.6 is 11.8 Å². The first kappa shape index (κ1) is 20.3. The summed E-state index contributed by atoms with van der Waals surface area (Å²) >= 11 is 1.64. The average Bonchev–Trinajstić information content (AvgIpc) is 2.45. The summed E-state index contributed by atoms with van der Waals surface area (Å²) in [6.07, 6.45) is 15.6. The maximum absolute atomic E-state index is 9.72. The minimum atomic E-state index is -0.176. The van der Waals surface area contributed by atoms with Crippen LogP contribution < -0.4 is 0 Å². The van der Waals surface area contributed by atoms with E-state index in [4.69, 9.17) is 5.11 Å². The molecule has 0 amide bonds. The van der Waals surface area contributed by atoms with Crippen LogP contribution in [0.2, 0.25) is 0 Å². The summed E-state index contributed by atoms with van der Waals surface area (Å²) in [5.74, 6) is 1.52. The Hall–Kier alpha value is 0.270. The van der Waals surface area contributed by atoms with Crippen LogP contribution in [0.25, 0.3) is 0 Å². The molecule has 2 N–H and O–H groups in total. The summed E-state index contributed by atoms with van der Waals surface area (Å²) in [7, 11) is 0. The standard InChI is InChI=1S/C17H36O2S/c1-2-3-4-5-6-7-8-9-10-11-12-13-17(19)16-20-15-14-18/h17-19H,2-16H2,1H3. The van der Waals surface area contributed by atoms with Gasteiger partial charge in [-0.15, -0.1) is 0 Å². The van der Waals surface area contributed by atoms with E-state index in [9.17, 15) is 5.11 Å². The lowest BCUT2D eigenvalue weighted by molar-refractivity contribution is 0.184. The van der Waals surface area contributed by atoms with E-state index in [1.807, 2.05) is 0 Å². The maximum Gasteiger partial charge on any atom is 0.0630 e. The van der Waals surface area contributed by atoms with Gasteiger partial charge in [-0.1, -0.05) is 77.6 Å². The van der Waals surface area contributed by atoms with Crippen molar-refractivity contribution < 1.29 is 10.2 Å². The van der Waals surface area contributed by atoms with E-state index in [1.165, 1.54) is 64.2 Å². The fraction of sp³-hybridized carbons (Fsp3) is 1.00. The second-order valence-corrected chi connectivity index (χ2v) is 6.93. The van der Waals surface area contributed by atoms with Gasteiger partial charge >= 0.3 is 0 Å². The number of aliphatic hydroxyl groups excluding tert-OH is 2. The maximum atomic E-state index is 9.72. The minimum absolute atomic E-state index is 0.176. The smallest absolute Gasteiger partial charge is 0.0630 e. The highest BCUT2D eigenvalue weighted by atomic mass is 32.2. The molecule has 0 saturated carbocycles. The molecule has 0 rings (SSSR count). The van der Waals surface area contributed by atoms with Gasteiger partial charge in [-0.3, -0.25) is 0 Å². The van der Waals surface area contributed by atoms with Crippen molar-refractivity contribution in [2.45, 2.75) is 90.1 Å². The molecule has 2 nitrogen and oxygen atoms in total. The number of aliphatic hydroxyl groups is 2. The van der Waals surface area contributed by atoms with Crippen molar-refractivity contribution in [3.05, 3.63) is 0 Å². The normalized spacial score (nSPS) is 12.8. The summed E-state index contributed by atoms with van der Waals surface area (Å²) < 4.78 is 0. The molecule has 0 bridgehead atoms. The monoisotopic (exact) mass is 304 g/mol. The van der Waals surface area contributed by atoms with Crippen LogP contribution in [0.5, 0.6) is 0 Å². The highest BCUT2D eigenvalue weighted by Crippen LogP contribution is 2.13. The molecular formula is C17H36O2S. The lowest BCUT2D eigenvalue weighted by atomic mass is 10.0. The van der Waals surface area contributed by atoms with Crippen LogP contribution in [0.4, 0.5) is 0 Å². The SMILES string of the molecule is CCCCCCCCCCCCCC(O)CSCCO. The van der Waals surface area contributed by atoms with Crippen LogP contribution in [-0.2, 0) is 0 Å². The fourth-order valence-electron chi connectivity index (χ4n) is 2.41. The molecule has 0 saturated heterocycles. The van der Waals surface area contributed by atoms with Gasteiger partial charge in [0.25, 0.3) is 0 Å². The predicted molar refractivity (Wildman–Crippen MR) is 91.5 cm³/mol. The Morgan fingerprint density at radius 1 is 0.800 bits per heavy atom. The van der Waals surface area contributed by atoms with Crippen LogP contribution in [-0.4, -0.2) is 34.4 Å². The van der Waals surface area contributed by atoms with Gasteiger partial charge in [0, 0.05) is 11.5 Å². The lowest BCUT2D eigenvalue weighted by Gasteiger charge is -2.09. The zero-order valence-corrected chi connectivity index (χ0v) is 14.3. The molecule has 1 atom stereocenters. The molecule has 0 radical (unpaired) electrons. The molecule has 0 fully saturated rings. The van der Waals surface area contributed by atoms with Crippen molar-refractivity contribution in [3.63, 3.8) is 0 Å². The molecule has 20 heavy (non-hydrogen) atoms. The topological polar surface area (TPSA) is 40.5 Å². The van der Waals surface area contributed by atoms with Gasteiger partial charge in [0.2, 0.25) is 0 Å². The Morgan fingerprint density at radius 3 is 1.80 bits per heavy atom. The summed E-state index contributed by atoms with van der Waals surface area (Å²) in [5, 5.41) is 18.4. The molecular weight excluding hydrogens is 268 g/mol. The molecule has 0 spiro atoms. The molecule has 1 unspecified atom stereocenters. The summed E-state index contributed by atoms with van der Waals surface area (Å²) in [6, 6.07) is 0. The van der Waals surface area contributed by atoms with Gasteiger partial charge < -0.3 is 10.2 Å². The van der Waals surface area contributed by atoms with Crippen LogP contribution in [0.15, 0.2) is 0 Å². The Morgan fingerprint density at radius 2 is 1.30 bits per heavy atom. The van der Waals surface area contributed by atoms with Crippen LogP contribution in [0.3, 0.4) is 0 Å². The van der Waals surface area contributed by atoms with Gasteiger partial charge in [0.05, 0.1) is 12.7 Å². The summed E-state index contributed by atoms with van der Waals surface area (Å²) in [5.41, 5.74) is 0. The molecule has 0 aromatic rings. The Labute approximate surface area is 130 Å². The quantitative estimate of drug-likeness (QED) is 0.403. The molecule has 0 aliphatic rings. The molecule has 122 valence electrons. The molecule has 3 heteroatoms. The number of thioether (sulfide) groups is 1. The Kier molecular flexibility index (Phi) is 17.6. The van der Waals surface area contributed by atoms with Gasteiger partial charge in [-0.25, -0.2) is 0 Å². The predicted octanol–water partition coefficient (Wildman–Crippen LogP) is 4.77. The second kappa shape index (κ2) is 17.3. The first-order chi connectivity index (χ1) is 9.81. The molecule has 0 heterocycles. The Bertz CT molecular complexity index is 176. The van der Waals surface area contributed by atoms with Gasteiger partial charge in [-0.2, -0.15) is 11.8 Å². The number of unbranched alkanes of at least 4 members (excludes halogenated alkanes) is 10. The molecule has 0 aliphatic carbocycles. The third-order valence-electron chi connectivity index (χ3n) is 3.69. The van der Waals surface area contributed by atoms with Crippen molar-refractivity contribution in [3.8, 4) is 0 Å². The zero-order chi connectivity index (χ0) is 14.9. The van der Waals surface area contributed by atoms with E-state index >= 15 is 0 Å². The van der Waals surface area contributed by atoms with Gasteiger partial charge in [0.15, 0.2) is 0 Å². The number of hydrogen-bond donors (Lipinski definition) is 2. The van der Waals surface area contributed by atoms with E-state index in [-0.39, 0.29) is 12.7 Å². The van der Waals surface area contributed by atoms with E-state index in [1.54, 1.807) is 11.8 Å². The molecule has 0 aromatic carbocycles. The summed E-state index contributed by atoms with van der Waals surface area (Å²) in [6.45, 7) is 2.48. The highest BCUT2D eigenvalue weighted by Gasteiger charge is 2.03. The minimum Gasteiger partial charge on any atom is -0.396 e. The van der Waals surface area contributed by atoms with Gasteiger partial charge in [0.1, 0.15) is 0 Å². The second-order valence-electron chi connectivity index (χ2n) is 5.78. The fourth-order valence-corrected chi connectivity index (χ4v) is 3.15. The van der Waals surface area contributed by atoms with E-state index in [0.717, 1.165) is 24.3 Å². The van der Waals surface area contributed by atoms with E-state index < -0.39 is 0 Å². The third-order valence-corrected chi connectivity index (χ3v) is 4.78. The summed E-state index contributed by atoms with van der Waals surface area (Å²) in [4.78, 5) is 0. The van der Waals surface area contributed by atoms with Crippen molar-refractivity contribution in [2.24, 2.45) is 0 Å². The van der Waals surface area contributed by atoms with Crippen molar-refractivity contribution in [1.82, 2.24) is 0 Å². The first-order valence-corrected chi connectivity index (χ1v) is 9.83. The lowest BCUT2D eigenvalue weighted by Crippen LogP contribution is -2.10. The number of rotatable bonds is 16. The van der Waals surface area contributed by atoms with Crippen molar-refractivity contribution in [2.75, 3.05) is 18.1 Å². The Balaban J connectivity index is 3.05. The van der Waals surface area contributed by atoms with Crippen molar-refractivity contribution >= 4 is 11.8 Å². The van der Waals surface area contributed by atoms with Crippen LogP contribution in [0, 0.1) is 0 Å². The van der Waals surface area contributed by atoms with E-state index in [0.29, 0.717) is 0 Å². The zero-order valence-electron chi connectivity index (χ0n) is 13.5. The van der Waals surface area contributed by atoms with Crippen LogP contribution in [0.1, 0.15) is 84.0 Å². The molecule has 0 aromatic heterocycles. The van der Waals surface area contributed by atoms with Crippen molar-refractivity contribution in [1.29, 1.82) is 0 Å². The largest absolute Gasteiger partial charge is 0.396 e. The third kappa shape index (κ3) is 16.3. The first-order valence-electron chi connectivity index (χ1n) is 8.68. The molecule has 0 aliphatic heterocycles. The van der Waals surface area contributed by atoms with Gasteiger partial charge in [-0.05, 0) is 6.42 Å².